The zero-order valence-electron chi connectivity index (χ0n) is 6.07. The molecular weight excluding hydrogens is 190 g/mol. The van der Waals surface area contributed by atoms with Crippen LogP contribution >= 0.6 is 17.8 Å². The summed E-state index contributed by atoms with van der Waals surface area (Å²) in [5.74, 6) is 0. The van der Waals surface area contributed by atoms with Gasteiger partial charge in [0.15, 0.2) is 0 Å². The number of aromatic nitrogens is 3. The van der Waals surface area contributed by atoms with Crippen LogP contribution in [-0.2, 0) is 0 Å². The van der Waals surface area contributed by atoms with Crippen molar-refractivity contribution in [2.45, 2.75) is 0 Å². The number of hydrogen-bond acceptors (Lipinski definition) is 3. The highest BCUT2D eigenvalue weighted by molar-refractivity contribution is 7.49. The van der Waals surface area contributed by atoms with E-state index in [2.05, 4.69) is 29.0 Å². The zero-order chi connectivity index (χ0) is 8.39. The van der Waals surface area contributed by atoms with Crippen LogP contribution in [0, 0.1) is 0 Å². The van der Waals surface area contributed by atoms with Crippen molar-refractivity contribution < 1.29 is 0 Å². The van der Waals surface area contributed by atoms with Gasteiger partial charge in [-0.3, -0.25) is 5.10 Å². The molecule has 4 nitrogen and oxygen atoms in total. The first-order chi connectivity index (χ1) is 5.92. The Morgan fingerprint density at radius 1 is 1.50 bits per heavy atom. The molecule has 2 aromatic rings. The third-order valence-corrected chi connectivity index (χ3v) is 2.62. The molecule has 1 heterocycles. The summed E-state index contributed by atoms with van der Waals surface area (Å²) in [6, 6.07) is 5.89. The summed E-state index contributed by atoms with van der Waals surface area (Å²) in [4.78, 5) is 0. The van der Waals surface area contributed by atoms with E-state index < -0.39 is 0 Å². The molecule has 0 radical (unpaired) electrons. The molecule has 1 unspecified atom stereocenters. The molecule has 1 atom stereocenters. The van der Waals surface area contributed by atoms with Gasteiger partial charge in [-0.25, -0.2) is 4.52 Å². The van der Waals surface area contributed by atoms with Crippen LogP contribution in [0.1, 0.15) is 0 Å². The van der Waals surface area contributed by atoms with Crippen LogP contribution in [0.3, 0.4) is 0 Å². The van der Waals surface area contributed by atoms with E-state index in [9.17, 15) is 0 Å². The van der Waals surface area contributed by atoms with Crippen LogP contribution in [0.25, 0.3) is 11.0 Å². The quantitative estimate of drug-likeness (QED) is 0.740. The molecule has 6 heteroatoms. The second-order valence-electron chi connectivity index (χ2n) is 2.24. The van der Waals surface area contributed by atoms with Gasteiger partial charge in [-0.1, -0.05) is 17.3 Å². The average Bonchev–Trinajstić information content (AvgIpc) is 2.53. The summed E-state index contributed by atoms with van der Waals surface area (Å²) in [6.07, 6.45) is 0. The van der Waals surface area contributed by atoms with Gasteiger partial charge in [0.05, 0.1) is 5.52 Å². The lowest BCUT2D eigenvalue weighted by Crippen LogP contribution is -1.93. The molecule has 12 heavy (non-hydrogen) atoms. The molecule has 0 fully saturated rings. The minimum atomic E-state index is 0.374. The standard InChI is InChI=1S/C6H6N4P2/c11-10-12-5-3-1-2-4-6(5)8-9-7-4/h1-3,11-12H,(H,7,8,9). The van der Waals surface area contributed by atoms with Gasteiger partial charge in [0.1, 0.15) is 5.52 Å². The van der Waals surface area contributed by atoms with Crippen LogP contribution < -0.4 is 5.30 Å². The van der Waals surface area contributed by atoms with E-state index in [0.717, 1.165) is 16.3 Å². The van der Waals surface area contributed by atoms with E-state index in [1.165, 1.54) is 0 Å². The molecular formula is C6H6N4P2. The van der Waals surface area contributed by atoms with E-state index in [-0.39, 0.29) is 0 Å². The normalized spacial score (nSPS) is 11.3. The second kappa shape index (κ2) is 3.26. The summed E-state index contributed by atoms with van der Waals surface area (Å²) >= 11 is 0. The molecule has 1 aromatic heterocycles. The molecule has 2 rings (SSSR count). The van der Waals surface area contributed by atoms with E-state index in [1.807, 2.05) is 18.2 Å². The van der Waals surface area contributed by atoms with Gasteiger partial charge in [-0.2, -0.15) is 0 Å². The highest BCUT2D eigenvalue weighted by Gasteiger charge is 2.01. The fourth-order valence-electron chi connectivity index (χ4n) is 1.02. The maximum Gasteiger partial charge on any atom is 0.122 e. The molecule has 1 N–H and O–H groups in total. The van der Waals surface area contributed by atoms with Crippen LogP contribution in [0.5, 0.6) is 0 Å². The number of rotatable bonds is 2. The highest BCUT2D eigenvalue weighted by Crippen LogP contribution is 2.17. The van der Waals surface area contributed by atoms with Gasteiger partial charge in [-0.05, 0) is 15.1 Å². The monoisotopic (exact) mass is 196 g/mol. The number of nitrogens with one attached hydrogen (secondary N) is 1. The SMILES string of the molecule is P=NPc1cccc2[nH]nnc12. The first-order valence-electron chi connectivity index (χ1n) is 3.34. The van der Waals surface area contributed by atoms with Gasteiger partial charge in [0.2, 0.25) is 0 Å². The van der Waals surface area contributed by atoms with Crippen molar-refractivity contribution in [3.8, 4) is 0 Å². The van der Waals surface area contributed by atoms with Crippen LogP contribution in [0.2, 0.25) is 0 Å². The number of nitrogens with zero attached hydrogens (tertiary/aromatic N) is 3. The van der Waals surface area contributed by atoms with Crippen molar-refractivity contribution in [3.05, 3.63) is 18.2 Å². The summed E-state index contributed by atoms with van der Waals surface area (Å²) in [5.41, 5.74) is 1.85. The lowest BCUT2D eigenvalue weighted by Gasteiger charge is -1.94. The Morgan fingerprint density at radius 3 is 3.25 bits per heavy atom. The van der Waals surface area contributed by atoms with Gasteiger partial charge >= 0.3 is 0 Å². The van der Waals surface area contributed by atoms with Crippen molar-refractivity contribution in [1.82, 2.24) is 15.4 Å². The summed E-state index contributed by atoms with van der Waals surface area (Å²) < 4.78 is 3.89. The molecule has 0 spiro atoms. The first-order valence-corrected chi connectivity index (χ1v) is 4.73. The topological polar surface area (TPSA) is 53.9 Å². The van der Waals surface area contributed by atoms with Gasteiger partial charge in [0, 0.05) is 14.0 Å². The minimum Gasteiger partial charge on any atom is -0.258 e. The second-order valence-corrected chi connectivity index (χ2v) is 3.89. The van der Waals surface area contributed by atoms with Gasteiger partial charge in [-0.15, -0.1) is 5.10 Å². The summed E-state index contributed by atoms with van der Waals surface area (Å²) in [7, 11) is 3.46. The Hall–Kier alpha value is -0.850. The molecule has 0 aliphatic carbocycles. The number of benzene rings is 1. The third kappa shape index (κ3) is 1.24. The largest absolute Gasteiger partial charge is 0.258 e. The average molecular weight is 196 g/mol. The zero-order valence-corrected chi connectivity index (χ0v) is 8.07. The van der Waals surface area contributed by atoms with Crippen molar-refractivity contribution >= 4 is 34.1 Å². The van der Waals surface area contributed by atoms with E-state index >= 15 is 0 Å². The molecule has 60 valence electrons. The Morgan fingerprint density at radius 2 is 2.42 bits per heavy atom. The number of H-pyrrole nitrogens is 1. The Bertz CT molecular complexity index is 411. The maximum atomic E-state index is 3.96. The maximum absolute atomic E-state index is 3.96. The van der Waals surface area contributed by atoms with Crippen LogP contribution in [0.15, 0.2) is 22.7 Å². The number of fused-ring (bicyclic) bond motifs is 1. The molecule has 0 amide bonds. The lowest BCUT2D eigenvalue weighted by molar-refractivity contribution is 0.960. The third-order valence-electron chi connectivity index (χ3n) is 1.53. The minimum absolute atomic E-state index is 0.374. The molecule has 0 aliphatic rings. The van der Waals surface area contributed by atoms with Crippen molar-refractivity contribution in [2.75, 3.05) is 0 Å². The molecule has 0 bridgehead atoms. The van der Waals surface area contributed by atoms with E-state index in [0.29, 0.717) is 8.73 Å². The van der Waals surface area contributed by atoms with Gasteiger partial charge in [0.25, 0.3) is 0 Å². The molecule has 0 saturated heterocycles. The number of aromatic amines is 1. The van der Waals surface area contributed by atoms with Crippen LogP contribution in [0.4, 0.5) is 0 Å². The van der Waals surface area contributed by atoms with Crippen LogP contribution in [-0.4, -0.2) is 15.4 Å². The van der Waals surface area contributed by atoms with Crippen molar-refractivity contribution in [1.29, 1.82) is 0 Å². The number of hydrogen-bond donors (Lipinski definition) is 1. The van der Waals surface area contributed by atoms with Crippen molar-refractivity contribution in [2.24, 2.45) is 4.52 Å². The fraction of sp³-hybridized carbons (Fsp3) is 0. The lowest BCUT2D eigenvalue weighted by atomic mass is 10.3. The highest BCUT2D eigenvalue weighted by atomic mass is 31.1. The van der Waals surface area contributed by atoms with Crippen molar-refractivity contribution in [3.63, 3.8) is 0 Å². The predicted octanol–water partition coefficient (Wildman–Crippen LogP) is 1.50. The van der Waals surface area contributed by atoms with Gasteiger partial charge < -0.3 is 0 Å². The Kier molecular flexibility index (Phi) is 2.11. The first kappa shape index (κ1) is 7.78. The Labute approximate surface area is 72.9 Å². The summed E-state index contributed by atoms with van der Waals surface area (Å²) in [5, 5.41) is 11.6. The van der Waals surface area contributed by atoms with E-state index in [1.54, 1.807) is 0 Å². The molecule has 0 aliphatic heterocycles. The predicted molar refractivity (Wildman–Crippen MR) is 52.6 cm³/mol. The van der Waals surface area contributed by atoms with E-state index in [4.69, 9.17) is 0 Å². The molecule has 0 saturated carbocycles. The fourth-order valence-corrected chi connectivity index (χ4v) is 1.96. The summed E-state index contributed by atoms with van der Waals surface area (Å²) in [6.45, 7) is 0. The smallest absolute Gasteiger partial charge is 0.122 e. The molecule has 1 aromatic carbocycles. The Balaban J connectivity index is 2.65.